The number of hydrogen-bond acceptors (Lipinski definition) is 3. The predicted molar refractivity (Wildman–Crippen MR) is 124 cm³/mol. The Bertz CT molecular complexity index is 1090. The zero-order chi connectivity index (χ0) is 22.5. The molecule has 7 heteroatoms. The first-order valence-electron chi connectivity index (χ1n) is 11.3. The Labute approximate surface area is 189 Å². The fourth-order valence-electron chi connectivity index (χ4n) is 6.74. The molecule has 0 aromatic heterocycles. The van der Waals surface area contributed by atoms with Gasteiger partial charge in [-0.05, 0) is 91.5 Å². The minimum absolute atomic E-state index is 0.137. The second kappa shape index (κ2) is 7.87. The minimum Gasteiger partial charge on any atom is -0.325 e. The summed E-state index contributed by atoms with van der Waals surface area (Å²) in [5.74, 6) is 1.38. The van der Waals surface area contributed by atoms with Crippen LogP contribution in [-0.4, -0.2) is 27.1 Å². The van der Waals surface area contributed by atoms with Crippen LogP contribution < -0.4 is 9.62 Å². The van der Waals surface area contributed by atoms with Gasteiger partial charge in [0.2, 0.25) is 15.9 Å². The third-order valence-corrected chi connectivity index (χ3v) is 8.75. The highest BCUT2D eigenvalue weighted by Crippen LogP contribution is 2.60. The summed E-state index contributed by atoms with van der Waals surface area (Å²) in [4.78, 5) is 12.6. The molecule has 4 aliphatic carbocycles. The third-order valence-electron chi connectivity index (χ3n) is 7.63. The summed E-state index contributed by atoms with van der Waals surface area (Å²) in [6.07, 6.45) is 8.97. The monoisotopic (exact) mass is 456 g/mol. The van der Waals surface area contributed by atoms with Crippen LogP contribution in [0.2, 0.25) is 0 Å². The smallest absolute Gasteiger partial charge is 0.245 e. The van der Waals surface area contributed by atoms with Crippen molar-refractivity contribution in [3.8, 4) is 0 Å². The van der Waals surface area contributed by atoms with E-state index in [0.29, 0.717) is 5.69 Å². The number of carbonyl (C=O) groups excluding carboxylic acids is 1. The number of benzene rings is 2. The Morgan fingerprint density at radius 3 is 2.09 bits per heavy atom. The molecule has 4 fully saturated rings. The van der Waals surface area contributed by atoms with E-state index < -0.39 is 28.3 Å². The summed E-state index contributed by atoms with van der Waals surface area (Å²) in [5, 5.41) is 2.77. The van der Waals surface area contributed by atoms with Crippen molar-refractivity contribution in [2.75, 3.05) is 22.4 Å². The molecule has 2 aromatic carbocycles. The van der Waals surface area contributed by atoms with Crippen molar-refractivity contribution in [2.24, 2.45) is 17.8 Å². The van der Waals surface area contributed by atoms with Gasteiger partial charge < -0.3 is 5.32 Å². The number of nitrogens with one attached hydrogen (secondary N) is 1. The number of rotatable bonds is 6. The first-order valence-corrected chi connectivity index (χ1v) is 13.2. The average Bonchev–Trinajstić information content (AvgIpc) is 2.71. The van der Waals surface area contributed by atoms with E-state index in [2.05, 4.69) is 17.4 Å². The number of nitrogens with zero attached hydrogens (tertiary/aromatic N) is 1. The van der Waals surface area contributed by atoms with Crippen LogP contribution in [0.1, 0.15) is 44.1 Å². The highest BCUT2D eigenvalue weighted by Gasteiger charge is 2.51. The molecule has 0 heterocycles. The lowest BCUT2D eigenvalue weighted by molar-refractivity contribution is -0.114. The van der Waals surface area contributed by atoms with E-state index in [1.807, 2.05) is 12.1 Å². The lowest BCUT2D eigenvalue weighted by Gasteiger charge is -2.57. The fourth-order valence-corrected chi connectivity index (χ4v) is 7.59. The topological polar surface area (TPSA) is 66.5 Å². The molecular formula is C25H29FN2O3S. The summed E-state index contributed by atoms with van der Waals surface area (Å²) < 4.78 is 39.4. The van der Waals surface area contributed by atoms with Crippen molar-refractivity contribution in [3.05, 3.63) is 59.9 Å². The number of hydrogen-bond donors (Lipinski definition) is 1. The molecule has 5 nitrogen and oxygen atoms in total. The maximum absolute atomic E-state index is 14.2. The van der Waals surface area contributed by atoms with E-state index in [-0.39, 0.29) is 11.1 Å². The molecule has 32 heavy (non-hydrogen) atoms. The van der Waals surface area contributed by atoms with Crippen LogP contribution in [-0.2, 0) is 20.2 Å². The molecule has 0 unspecified atom stereocenters. The second-order valence-corrected chi connectivity index (χ2v) is 12.0. The molecule has 0 spiro atoms. The average molecular weight is 457 g/mol. The third kappa shape index (κ3) is 4.03. The Balaban J connectivity index is 1.29. The van der Waals surface area contributed by atoms with Crippen LogP contribution >= 0.6 is 0 Å². The highest BCUT2D eigenvalue weighted by atomic mass is 32.2. The first-order chi connectivity index (χ1) is 15.2. The summed E-state index contributed by atoms with van der Waals surface area (Å²) in [6, 6.07) is 13.6. The molecule has 4 saturated carbocycles. The quantitative estimate of drug-likeness (QED) is 0.685. The second-order valence-electron chi connectivity index (χ2n) is 10.0. The molecule has 1 N–H and O–H groups in total. The molecular weight excluding hydrogens is 427 g/mol. The molecule has 0 atom stereocenters. The van der Waals surface area contributed by atoms with E-state index in [4.69, 9.17) is 0 Å². The SMILES string of the molecule is CS(=O)(=O)N(CC(=O)Nc1ccc(C23CC4CC(CC(C4)C2)C3)cc1)c1ccccc1F. The van der Waals surface area contributed by atoms with Crippen LogP contribution in [0.4, 0.5) is 15.8 Å². The molecule has 1 amide bonds. The van der Waals surface area contributed by atoms with Gasteiger partial charge in [-0.1, -0.05) is 24.3 Å². The molecule has 6 rings (SSSR count). The number of carbonyl (C=O) groups is 1. The van der Waals surface area contributed by atoms with Gasteiger partial charge in [-0.25, -0.2) is 12.8 Å². The van der Waals surface area contributed by atoms with Crippen molar-refractivity contribution in [1.29, 1.82) is 0 Å². The van der Waals surface area contributed by atoms with Crippen molar-refractivity contribution < 1.29 is 17.6 Å². The molecule has 0 saturated heterocycles. The summed E-state index contributed by atoms with van der Waals surface area (Å²) in [7, 11) is -3.83. The number of anilines is 2. The standard InChI is InChI=1S/C25H29FN2O3S/c1-32(30,31)28(23-5-3-2-4-22(23)26)16-24(29)27-21-8-6-20(7-9-21)25-13-17-10-18(14-25)12-19(11-17)15-25/h2-9,17-19H,10-16H2,1H3,(H,27,29). The molecule has 170 valence electrons. The Hall–Kier alpha value is -2.41. The normalized spacial score (nSPS) is 28.5. The van der Waals surface area contributed by atoms with Gasteiger partial charge in [-0.2, -0.15) is 0 Å². The van der Waals surface area contributed by atoms with Gasteiger partial charge in [0.15, 0.2) is 0 Å². The van der Waals surface area contributed by atoms with Gasteiger partial charge in [0.25, 0.3) is 0 Å². The summed E-state index contributed by atoms with van der Waals surface area (Å²) in [6.45, 7) is -0.490. The van der Waals surface area contributed by atoms with Crippen molar-refractivity contribution >= 4 is 27.3 Å². The number of halogens is 1. The Morgan fingerprint density at radius 2 is 1.56 bits per heavy atom. The maximum atomic E-state index is 14.2. The Morgan fingerprint density at radius 1 is 1.00 bits per heavy atom. The maximum Gasteiger partial charge on any atom is 0.245 e. The lowest BCUT2D eigenvalue weighted by Crippen LogP contribution is -2.48. The van der Waals surface area contributed by atoms with Crippen LogP contribution in [0.25, 0.3) is 0 Å². The van der Waals surface area contributed by atoms with Crippen LogP contribution in [0, 0.1) is 23.6 Å². The fraction of sp³-hybridized carbons (Fsp3) is 0.480. The van der Waals surface area contributed by atoms with Gasteiger partial charge in [0.05, 0.1) is 11.9 Å². The minimum atomic E-state index is -3.83. The zero-order valence-electron chi connectivity index (χ0n) is 18.3. The van der Waals surface area contributed by atoms with Crippen molar-refractivity contribution in [1.82, 2.24) is 0 Å². The molecule has 4 aliphatic rings. The molecule has 0 radical (unpaired) electrons. The summed E-state index contributed by atoms with van der Waals surface area (Å²) in [5.41, 5.74) is 2.13. The Kier molecular flexibility index (Phi) is 5.27. The zero-order valence-corrected chi connectivity index (χ0v) is 19.1. The van der Waals surface area contributed by atoms with E-state index in [1.165, 1.54) is 68.4 Å². The van der Waals surface area contributed by atoms with Gasteiger partial charge >= 0.3 is 0 Å². The van der Waals surface area contributed by atoms with E-state index in [0.717, 1.165) is 28.3 Å². The van der Waals surface area contributed by atoms with E-state index in [9.17, 15) is 17.6 Å². The van der Waals surface area contributed by atoms with Crippen LogP contribution in [0.3, 0.4) is 0 Å². The predicted octanol–water partition coefficient (Wildman–Crippen LogP) is 4.70. The molecule has 2 aromatic rings. The van der Waals surface area contributed by atoms with E-state index in [1.54, 1.807) is 0 Å². The highest BCUT2D eigenvalue weighted by molar-refractivity contribution is 7.92. The van der Waals surface area contributed by atoms with Gasteiger partial charge in [0.1, 0.15) is 12.4 Å². The first kappa shape index (κ1) is 21.4. The number of para-hydroxylation sites is 1. The van der Waals surface area contributed by atoms with Gasteiger partial charge in [-0.15, -0.1) is 0 Å². The molecule has 4 bridgehead atoms. The van der Waals surface area contributed by atoms with Crippen LogP contribution in [0.15, 0.2) is 48.5 Å². The van der Waals surface area contributed by atoms with Crippen LogP contribution in [0.5, 0.6) is 0 Å². The number of sulfonamides is 1. The lowest BCUT2D eigenvalue weighted by atomic mass is 9.48. The molecule has 0 aliphatic heterocycles. The number of amides is 1. The largest absolute Gasteiger partial charge is 0.325 e. The van der Waals surface area contributed by atoms with Crippen molar-refractivity contribution in [3.63, 3.8) is 0 Å². The van der Waals surface area contributed by atoms with E-state index >= 15 is 0 Å². The van der Waals surface area contributed by atoms with Gasteiger partial charge in [-0.3, -0.25) is 9.10 Å². The van der Waals surface area contributed by atoms with Crippen molar-refractivity contribution in [2.45, 2.75) is 43.9 Å². The summed E-state index contributed by atoms with van der Waals surface area (Å²) >= 11 is 0. The van der Waals surface area contributed by atoms with Gasteiger partial charge in [0, 0.05) is 5.69 Å².